The Bertz CT molecular complexity index is 1400. The molecule has 1 aromatic heterocycles. The molecule has 0 spiro atoms. The van der Waals surface area contributed by atoms with Crippen molar-refractivity contribution in [1.82, 2.24) is 4.57 Å². The van der Waals surface area contributed by atoms with Crippen LogP contribution in [0, 0.1) is 5.92 Å². The minimum atomic E-state index is -0.753. The molecule has 0 saturated carbocycles. The van der Waals surface area contributed by atoms with Crippen molar-refractivity contribution in [2.24, 2.45) is 5.92 Å². The first-order valence-electron chi connectivity index (χ1n) is 10.7. The summed E-state index contributed by atoms with van der Waals surface area (Å²) in [5.74, 6) is -2.46. The Morgan fingerprint density at radius 2 is 1.86 bits per heavy atom. The van der Waals surface area contributed by atoms with Crippen molar-refractivity contribution in [2.75, 3.05) is 11.5 Å². The first-order chi connectivity index (χ1) is 16.8. The number of nitrogens with zero attached hydrogens (tertiary/aromatic N) is 2. The van der Waals surface area contributed by atoms with E-state index in [2.05, 4.69) is 15.9 Å². The highest BCUT2D eigenvalue weighted by molar-refractivity contribution is 9.10. The van der Waals surface area contributed by atoms with Gasteiger partial charge in [0.15, 0.2) is 0 Å². The molecule has 0 aliphatic carbocycles. The van der Waals surface area contributed by atoms with Crippen molar-refractivity contribution >= 4 is 74.1 Å². The Morgan fingerprint density at radius 1 is 1.11 bits per heavy atom. The summed E-state index contributed by atoms with van der Waals surface area (Å²) in [6.07, 6.45) is 0. The minimum Gasteiger partial charge on any atom is -0.465 e. The van der Waals surface area contributed by atoms with E-state index in [1.165, 1.54) is 21.2 Å². The maximum Gasteiger partial charge on any atom is 0.326 e. The quantitative estimate of drug-likeness (QED) is 0.315. The standard InChI is InChI=1S/C24H18BrClN2O5S2/c1-2-33-16(29)11-27-23-20(35-24(27)32)17(12-4-3-5-13(25)10-12)18-19(34-23)22(31)28(21(18)30)15-8-6-14(26)7-9-15/h3-10,17-19H,2,11H2,1H3/t17-,18?,19?/m1/s1. The van der Waals surface area contributed by atoms with Gasteiger partial charge in [-0.2, -0.15) is 0 Å². The zero-order valence-electron chi connectivity index (χ0n) is 18.3. The number of aromatic nitrogens is 1. The van der Waals surface area contributed by atoms with Gasteiger partial charge in [-0.1, -0.05) is 62.8 Å². The van der Waals surface area contributed by atoms with E-state index >= 15 is 0 Å². The van der Waals surface area contributed by atoms with Gasteiger partial charge in [-0.3, -0.25) is 23.7 Å². The van der Waals surface area contributed by atoms with Crippen molar-refractivity contribution in [1.29, 1.82) is 0 Å². The van der Waals surface area contributed by atoms with E-state index in [0.29, 0.717) is 20.6 Å². The SMILES string of the molecule is CCOC(=O)Cn1c2c(sc1=O)[C@H](c1cccc(Br)c1)C1C(=O)N(c3ccc(Cl)cc3)C(=O)C1S2. The van der Waals surface area contributed by atoms with Crippen LogP contribution in [0.4, 0.5) is 5.69 Å². The minimum absolute atomic E-state index is 0.196. The van der Waals surface area contributed by atoms with Crippen LogP contribution >= 0.6 is 50.6 Å². The molecule has 180 valence electrons. The number of amides is 2. The van der Waals surface area contributed by atoms with Crippen LogP contribution in [0.3, 0.4) is 0 Å². The number of hydrogen-bond donors (Lipinski definition) is 0. The first kappa shape index (κ1) is 24.3. The third-order valence-corrected chi connectivity index (χ3v) is 9.28. The van der Waals surface area contributed by atoms with E-state index < -0.39 is 23.1 Å². The Kier molecular flexibility index (Phi) is 6.65. The van der Waals surface area contributed by atoms with Gasteiger partial charge in [0, 0.05) is 20.3 Å². The molecular formula is C24H18BrClN2O5S2. The molecule has 0 N–H and O–H groups in total. The highest BCUT2D eigenvalue weighted by Gasteiger charge is 2.56. The number of rotatable bonds is 5. The van der Waals surface area contributed by atoms with Crippen molar-refractivity contribution in [3.8, 4) is 0 Å². The van der Waals surface area contributed by atoms with Crippen LogP contribution in [0.2, 0.25) is 5.02 Å². The third-order valence-electron chi connectivity index (χ3n) is 5.93. The van der Waals surface area contributed by atoms with Gasteiger partial charge in [0.25, 0.3) is 0 Å². The average Bonchev–Trinajstić information content (AvgIpc) is 3.26. The largest absolute Gasteiger partial charge is 0.465 e. The second-order valence-electron chi connectivity index (χ2n) is 8.01. The number of carbonyl (C=O) groups is 3. The van der Waals surface area contributed by atoms with E-state index in [4.69, 9.17) is 16.3 Å². The molecule has 2 aromatic carbocycles. The summed E-state index contributed by atoms with van der Waals surface area (Å²) in [6.45, 7) is 1.64. The van der Waals surface area contributed by atoms with E-state index in [0.717, 1.165) is 21.4 Å². The van der Waals surface area contributed by atoms with Crippen molar-refractivity contribution in [2.45, 2.75) is 29.7 Å². The van der Waals surface area contributed by atoms with Gasteiger partial charge in [-0.05, 0) is 48.9 Å². The molecule has 3 heterocycles. The monoisotopic (exact) mass is 592 g/mol. The zero-order valence-corrected chi connectivity index (χ0v) is 22.2. The molecule has 1 saturated heterocycles. The fourth-order valence-electron chi connectivity index (χ4n) is 4.49. The number of anilines is 1. The molecule has 2 unspecified atom stereocenters. The Hall–Kier alpha value is -2.40. The number of thiazole rings is 1. The van der Waals surface area contributed by atoms with Gasteiger partial charge in [0.05, 0.1) is 23.2 Å². The summed E-state index contributed by atoms with van der Waals surface area (Å²) in [6, 6.07) is 14.0. The van der Waals surface area contributed by atoms with Gasteiger partial charge in [0.2, 0.25) is 11.8 Å². The summed E-state index contributed by atoms with van der Waals surface area (Å²) in [5, 5.41) is 0.271. The van der Waals surface area contributed by atoms with Crippen LogP contribution in [-0.4, -0.2) is 34.2 Å². The number of hydrogen-bond acceptors (Lipinski definition) is 7. The number of esters is 1. The molecule has 3 aromatic rings. The molecular weight excluding hydrogens is 576 g/mol. The highest BCUT2D eigenvalue weighted by atomic mass is 79.9. The first-order valence-corrected chi connectivity index (χ1v) is 13.6. The average molecular weight is 594 g/mol. The van der Waals surface area contributed by atoms with Gasteiger partial charge in [0.1, 0.15) is 11.8 Å². The van der Waals surface area contributed by atoms with Crippen molar-refractivity contribution in [3.63, 3.8) is 0 Å². The lowest BCUT2D eigenvalue weighted by atomic mass is 9.83. The van der Waals surface area contributed by atoms with Gasteiger partial charge < -0.3 is 4.74 Å². The fraction of sp³-hybridized carbons (Fsp3) is 0.250. The number of imide groups is 1. The molecule has 2 amide bonds. The lowest BCUT2D eigenvalue weighted by Crippen LogP contribution is -2.32. The Labute approximate surface area is 222 Å². The summed E-state index contributed by atoms with van der Waals surface area (Å²) < 4.78 is 7.22. The normalized spacial score (nSPS) is 21.1. The predicted molar refractivity (Wildman–Crippen MR) is 138 cm³/mol. The molecule has 2 aliphatic rings. The van der Waals surface area contributed by atoms with Crippen LogP contribution in [0.5, 0.6) is 0 Å². The topological polar surface area (TPSA) is 85.7 Å². The zero-order chi connectivity index (χ0) is 24.9. The molecule has 35 heavy (non-hydrogen) atoms. The molecule has 0 bridgehead atoms. The third kappa shape index (κ3) is 4.26. The number of thioether (sulfide) groups is 1. The van der Waals surface area contributed by atoms with Crippen LogP contribution in [0.15, 0.2) is 62.8 Å². The molecule has 7 nitrogen and oxygen atoms in total. The summed E-state index contributed by atoms with van der Waals surface area (Å²) >= 11 is 11.7. The van der Waals surface area contributed by atoms with Crippen LogP contribution in [0.1, 0.15) is 23.3 Å². The number of ether oxygens (including phenoxy) is 1. The van der Waals surface area contributed by atoms with E-state index in [-0.39, 0.29) is 29.8 Å². The smallest absolute Gasteiger partial charge is 0.326 e. The van der Waals surface area contributed by atoms with E-state index in [1.807, 2.05) is 24.3 Å². The predicted octanol–water partition coefficient (Wildman–Crippen LogP) is 4.68. The van der Waals surface area contributed by atoms with E-state index in [1.54, 1.807) is 31.2 Å². The highest BCUT2D eigenvalue weighted by Crippen LogP contribution is 2.54. The van der Waals surface area contributed by atoms with Gasteiger partial charge in [-0.25, -0.2) is 4.90 Å². The van der Waals surface area contributed by atoms with Crippen LogP contribution < -0.4 is 9.77 Å². The number of halogens is 2. The molecule has 3 atom stereocenters. The van der Waals surface area contributed by atoms with Crippen molar-refractivity contribution in [3.05, 3.63) is 78.1 Å². The second-order valence-corrected chi connectivity index (χ2v) is 11.5. The van der Waals surface area contributed by atoms with Gasteiger partial charge in [-0.15, -0.1) is 0 Å². The maximum atomic E-state index is 13.8. The van der Waals surface area contributed by atoms with Crippen LogP contribution in [0.25, 0.3) is 0 Å². The maximum absolute atomic E-state index is 13.8. The second kappa shape index (κ2) is 9.57. The molecule has 1 fully saturated rings. The Morgan fingerprint density at radius 3 is 2.54 bits per heavy atom. The molecule has 11 heteroatoms. The van der Waals surface area contributed by atoms with E-state index in [9.17, 15) is 19.2 Å². The summed E-state index contributed by atoms with van der Waals surface area (Å²) in [5.41, 5.74) is 1.25. The summed E-state index contributed by atoms with van der Waals surface area (Å²) in [7, 11) is 0. The number of benzene rings is 2. The molecule has 0 radical (unpaired) electrons. The number of fused-ring (bicyclic) bond motifs is 2. The lowest BCUT2D eigenvalue weighted by Gasteiger charge is -2.30. The molecule has 5 rings (SSSR count). The van der Waals surface area contributed by atoms with Gasteiger partial charge >= 0.3 is 10.8 Å². The van der Waals surface area contributed by atoms with Crippen LogP contribution in [-0.2, 0) is 25.7 Å². The van der Waals surface area contributed by atoms with Crippen molar-refractivity contribution < 1.29 is 19.1 Å². The summed E-state index contributed by atoms with van der Waals surface area (Å²) in [4.78, 5) is 54.1. The Balaban J connectivity index is 1.65. The lowest BCUT2D eigenvalue weighted by molar-refractivity contribution is -0.144. The number of carbonyl (C=O) groups excluding carboxylic acids is 3. The fourth-order valence-corrected chi connectivity index (χ4v) is 7.81. The molecule has 2 aliphatic heterocycles.